The van der Waals surface area contributed by atoms with E-state index in [1.807, 2.05) is 25.1 Å². The molecular formula is C16H15NO3. The van der Waals surface area contributed by atoms with Crippen LogP contribution in [-0.2, 0) is 11.8 Å². The van der Waals surface area contributed by atoms with E-state index >= 15 is 0 Å². The van der Waals surface area contributed by atoms with Crippen molar-refractivity contribution < 1.29 is 14.3 Å². The normalized spacial score (nSPS) is 16.9. The van der Waals surface area contributed by atoms with Crippen LogP contribution in [0, 0.1) is 6.92 Å². The fraction of sp³-hybridized carbons (Fsp3) is 0.250. The smallest absolute Gasteiger partial charge is 0.320 e. The molecule has 0 radical (unpaired) electrons. The monoisotopic (exact) mass is 269 g/mol. The van der Waals surface area contributed by atoms with E-state index < -0.39 is 0 Å². The molecule has 1 atom stereocenters. The van der Waals surface area contributed by atoms with Gasteiger partial charge in [-0.05, 0) is 13.8 Å². The Morgan fingerprint density at radius 1 is 1.25 bits per heavy atom. The SMILES string of the molecule is Cc1c2c(n(C)c1C(=O)c1ccccc1)C(C)C(=O)O2. The van der Waals surface area contributed by atoms with E-state index in [1.54, 1.807) is 30.7 Å². The fourth-order valence-electron chi connectivity index (χ4n) is 2.79. The average Bonchev–Trinajstić information content (AvgIpc) is 2.87. The molecule has 1 aliphatic rings. The number of esters is 1. The van der Waals surface area contributed by atoms with Crippen molar-refractivity contribution in [2.75, 3.05) is 0 Å². The zero-order chi connectivity index (χ0) is 14.4. The molecular weight excluding hydrogens is 254 g/mol. The van der Waals surface area contributed by atoms with Gasteiger partial charge in [-0.3, -0.25) is 9.59 Å². The molecule has 102 valence electrons. The van der Waals surface area contributed by atoms with Crippen LogP contribution in [0.4, 0.5) is 0 Å². The third-order valence-electron chi connectivity index (χ3n) is 3.84. The number of carbonyl (C=O) groups is 2. The number of rotatable bonds is 2. The number of hydrogen-bond donors (Lipinski definition) is 0. The first-order chi connectivity index (χ1) is 9.52. The number of aromatic nitrogens is 1. The molecule has 3 rings (SSSR count). The molecule has 4 nitrogen and oxygen atoms in total. The van der Waals surface area contributed by atoms with E-state index in [0.717, 1.165) is 11.3 Å². The van der Waals surface area contributed by atoms with Crippen molar-refractivity contribution in [2.45, 2.75) is 19.8 Å². The second-order valence-corrected chi connectivity index (χ2v) is 5.08. The molecule has 1 aromatic carbocycles. The van der Waals surface area contributed by atoms with Crippen molar-refractivity contribution >= 4 is 11.8 Å². The summed E-state index contributed by atoms with van der Waals surface area (Å²) in [6.45, 7) is 3.62. The maximum absolute atomic E-state index is 12.6. The Hall–Kier alpha value is -2.36. The van der Waals surface area contributed by atoms with E-state index in [-0.39, 0.29) is 17.7 Å². The molecule has 20 heavy (non-hydrogen) atoms. The molecule has 0 saturated carbocycles. The standard InChI is InChI=1S/C16H15NO3/c1-9-12(14(18)11-7-5-4-6-8-11)17(3)13-10(2)16(19)20-15(9)13/h4-8,10H,1-3H3. The summed E-state index contributed by atoms with van der Waals surface area (Å²) in [5, 5.41) is 0. The highest BCUT2D eigenvalue weighted by Crippen LogP contribution is 2.41. The molecule has 1 aliphatic heterocycles. The third kappa shape index (κ3) is 1.61. The van der Waals surface area contributed by atoms with E-state index in [4.69, 9.17) is 4.74 Å². The fourth-order valence-corrected chi connectivity index (χ4v) is 2.79. The van der Waals surface area contributed by atoms with Crippen LogP contribution >= 0.6 is 0 Å². The quantitative estimate of drug-likeness (QED) is 0.622. The van der Waals surface area contributed by atoms with E-state index in [9.17, 15) is 9.59 Å². The van der Waals surface area contributed by atoms with Crippen LogP contribution in [0.5, 0.6) is 5.75 Å². The second-order valence-electron chi connectivity index (χ2n) is 5.08. The molecule has 4 heteroatoms. The Labute approximate surface area is 117 Å². The lowest BCUT2D eigenvalue weighted by Crippen LogP contribution is -2.15. The lowest BCUT2D eigenvalue weighted by molar-refractivity contribution is -0.133. The van der Waals surface area contributed by atoms with Gasteiger partial charge in [0.2, 0.25) is 5.78 Å². The Bertz CT molecular complexity index is 713. The Morgan fingerprint density at radius 2 is 1.90 bits per heavy atom. The van der Waals surface area contributed by atoms with Crippen molar-refractivity contribution in [2.24, 2.45) is 7.05 Å². The van der Waals surface area contributed by atoms with Gasteiger partial charge in [0.25, 0.3) is 0 Å². The predicted molar refractivity (Wildman–Crippen MR) is 74.1 cm³/mol. The highest BCUT2D eigenvalue weighted by atomic mass is 16.5. The highest BCUT2D eigenvalue weighted by Gasteiger charge is 2.37. The predicted octanol–water partition coefficient (Wildman–Crippen LogP) is 2.59. The zero-order valence-corrected chi connectivity index (χ0v) is 11.6. The Morgan fingerprint density at radius 3 is 2.50 bits per heavy atom. The summed E-state index contributed by atoms with van der Waals surface area (Å²) in [7, 11) is 1.81. The van der Waals surface area contributed by atoms with Gasteiger partial charge in [0.15, 0.2) is 5.75 Å². The molecule has 0 aliphatic carbocycles. The number of nitrogens with zero attached hydrogens (tertiary/aromatic N) is 1. The van der Waals surface area contributed by atoms with Gasteiger partial charge in [-0.25, -0.2) is 0 Å². The van der Waals surface area contributed by atoms with E-state index in [0.29, 0.717) is 17.0 Å². The topological polar surface area (TPSA) is 48.3 Å². The number of hydrogen-bond acceptors (Lipinski definition) is 3. The maximum atomic E-state index is 12.6. The van der Waals surface area contributed by atoms with Crippen molar-refractivity contribution in [3.8, 4) is 5.75 Å². The van der Waals surface area contributed by atoms with Crippen molar-refractivity contribution in [3.63, 3.8) is 0 Å². The second kappa shape index (κ2) is 4.34. The van der Waals surface area contributed by atoms with Crippen molar-refractivity contribution in [1.82, 2.24) is 4.57 Å². The molecule has 0 saturated heterocycles. The van der Waals surface area contributed by atoms with Gasteiger partial charge in [0.1, 0.15) is 0 Å². The molecule has 0 spiro atoms. The van der Waals surface area contributed by atoms with Crippen LogP contribution in [0.15, 0.2) is 30.3 Å². The van der Waals surface area contributed by atoms with Gasteiger partial charge in [-0.2, -0.15) is 0 Å². The summed E-state index contributed by atoms with van der Waals surface area (Å²) in [4.78, 5) is 24.2. The number of fused-ring (bicyclic) bond motifs is 1. The average molecular weight is 269 g/mol. The molecule has 1 unspecified atom stereocenters. The van der Waals surface area contributed by atoms with Gasteiger partial charge >= 0.3 is 5.97 Å². The van der Waals surface area contributed by atoms with Crippen LogP contribution < -0.4 is 4.74 Å². The molecule has 0 fully saturated rings. The van der Waals surface area contributed by atoms with Crippen LogP contribution in [0.3, 0.4) is 0 Å². The largest absolute Gasteiger partial charge is 0.424 e. The molecule has 0 bridgehead atoms. The van der Waals surface area contributed by atoms with E-state index in [2.05, 4.69) is 0 Å². The van der Waals surface area contributed by atoms with Gasteiger partial charge in [-0.1, -0.05) is 30.3 Å². The lowest BCUT2D eigenvalue weighted by atomic mass is 10.1. The maximum Gasteiger partial charge on any atom is 0.320 e. The summed E-state index contributed by atoms with van der Waals surface area (Å²) in [5.74, 6) is -0.0917. The zero-order valence-electron chi connectivity index (χ0n) is 11.6. The number of carbonyl (C=O) groups excluding carboxylic acids is 2. The van der Waals surface area contributed by atoms with Gasteiger partial charge in [-0.15, -0.1) is 0 Å². The van der Waals surface area contributed by atoms with Gasteiger partial charge in [0, 0.05) is 18.2 Å². The van der Waals surface area contributed by atoms with Crippen LogP contribution in [0.2, 0.25) is 0 Å². The summed E-state index contributed by atoms with van der Waals surface area (Å²) in [6, 6.07) is 9.12. The van der Waals surface area contributed by atoms with Crippen LogP contribution in [0.1, 0.15) is 40.2 Å². The highest BCUT2D eigenvalue weighted by molar-refractivity contribution is 6.10. The first-order valence-corrected chi connectivity index (χ1v) is 6.53. The summed E-state index contributed by atoms with van der Waals surface area (Å²) in [5.41, 5.74) is 2.73. The summed E-state index contributed by atoms with van der Waals surface area (Å²) in [6.07, 6.45) is 0. The number of ether oxygens (including phenoxy) is 1. The van der Waals surface area contributed by atoms with Gasteiger partial charge < -0.3 is 9.30 Å². The Balaban J connectivity index is 2.14. The Kier molecular flexibility index (Phi) is 2.74. The molecule has 2 heterocycles. The summed E-state index contributed by atoms with van der Waals surface area (Å²) >= 11 is 0. The molecule has 0 N–H and O–H groups in total. The van der Waals surface area contributed by atoms with Crippen LogP contribution in [-0.4, -0.2) is 16.3 Å². The minimum atomic E-state index is -0.328. The van der Waals surface area contributed by atoms with E-state index in [1.165, 1.54) is 0 Å². The number of benzene rings is 1. The first kappa shape index (κ1) is 12.7. The van der Waals surface area contributed by atoms with Crippen molar-refractivity contribution in [1.29, 1.82) is 0 Å². The van der Waals surface area contributed by atoms with Crippen LogP contribution in [0.25, 0.3) is 0 Å². The molecule has 1 aromatic heterocycles. The molecule has 2 aromatic rings. The third-order valence-corrected chi connectivity index (χ3v) is 3.84. The minimum absolute atomic E-state index is 0.0525. The number of ketones is 1. The lowest BCUT2D eigenvalue weighted by Gasteiger charge is -2.08. The summed E-state index contributed by atoms with van der Waals surface area (Å²) < 4.78 is 7.07. The molecule has 0 amide bonds. The minimum Gasteiger partial charge on any atom is -0.424 e. The van der Waals surface area contributed by atoms with Gasteiger partial charge in [0.05, 0.1) is 17.3 Å². The first-order valence-electron chi connectivity index (χ1n) is 6.53. The van der Waals surface area contributed by atoms with Crippen molar-refractivity contribution in [3.05, 3.63) is 52.8 Å².